The fraction of sp³-hybridized carbons (Fsp3) is 0.615. The zero-order chi connectivity index (χ0) is 12.0. The molecule has 90 valence electrons. The van der Waals surface area contributed by atoms with Crippen LogP contribution in [0.1, 0.15) is 32.4 Å². The fourth-order valence-corrected chi connectivity index (χ4v) is 1.69. The largest absolute Gasteiger partial charge is 0.481 e. The minimum atomic E-state index is -0.229. The molecule has 0 fully saturated rings. The highest BCUT2D eigenvalue weighted by atomic mass is 16.5. The molecule has 1 heterocycles. The molecule has 0 aromatic carbocycles. The number of hydrogen-bond acceptors (Lipinski definition) is 3. The van der Waals surface area contributed by atoms with Crippen LogP contribution in [0.5, 0.6) is 5.88 Å². The molecule has 0 bridgehead atoms. The molecule has 3 heteroatoms. The fourth-order valence-electron chi connectivity index (χ4n) is 1.69. The molecule has 16 heavy (non-hydrogen) atoms. The summed E-state index contributed by atoms with van der Waals surface area (Å²) in [5, 5.41) is 9.75. The summed E-state index contributed by atoms with van der Waals surface area (Å²) in [6, 6.07) is 5.72. The molecule has 1 atom stereocenters. The standard InChI is InChI=1S/C13H21NO2/c1-10(2)9-12(15)8-7-11-5-4-6-13(14-11)16-3/h4-6,10,12,15H,7-9H2,1-3H3. The number of rotatable bonds is 6. The molecule has 1 unspecified atom stereocenters. The molecule has 1 rings (SSSR count). The van der Waals surface area contributed by atoms with Gasteiger partial charge in [0.15, 0.2) is 0 Å². The average molecular weight is 223 g/mol. The number of methoxy groups -OCH3 is 1. The van der Waals surface area contributed by atoms with Gasteiger partial charge < -0.3 is 9.84 Å². The maximum atomic E-state index is 9.75. The summed E-state index contributed by atoms with van der Waals surface area (Å²) in [5.74, 6) is 1.17. The second-order valence-corrected chi connectivity index (χ2v) is 4.49. The lowest BCUT2D eigenvalue weighted by atomic mass is 10.0. The Morgan fingerprint density at radius 2 is 2.12 bits per heavy atom. The van der Waals surface area contributed by atoms with Gasteiger partial charge >= 0.3 is 0 Å². The molecule has 0 aliphatic rings. The molecule has 1 aromatic heterocycles. The Balaban J connectivity index is 2.41. The summed E-state index contributed by atoms with van der Waals surface area (Å²) in [4.78, 5) is 4.31. The van der Waals surface area contributed by atoms with Crippen LogP contribution in [0, 0.1) is 5.92 Å². The van der Waals surface area contributed by atoms with Gasteiger partial charge in [-0.2, -0.15) is 0 Å². The van der Waals surface area contributed by atoms with Crippen LogP contribution in [-0.4, -0.2) is 23.3 Å². The predicted molar refractivity (Wildman–Crippen MR) is 64.6 cm³/mol. The zero-order valence-electron chi connectivity index (χ0n) is 10.3. The van der Waals surface area contributed by atoms with Gasteiger partial charge in [-0.05, 0) is 31.2 Å². The number of pyridine rings is 1. The highest BCUT2D eigenvalue weighted by Gasteiger charge is 2.07. The molecule has 0 aliphatic heterocycles. The number of hydrogen-bond donors (Lipinski definition) is 1. The van der Waals surface area contributed by atoms with Crippen LogP contribution in [-0.2, 0) is 6.42 Å². The van der Waals surface area contributed by atoms with Gasteiger partial charge in [0.1, 0.15) is 0 Å². The van der Waals surface area contributed by atoms with E-state index in [9.17, 15) is 5.11 Å². The Morgan fingerprint density at radius 1 is 1.38 bits per heavy atom. The Kier molecular flexibility index (Phi) is 5.26. The van der Waals surface area contributed by atoms with E-state index in [1.165, 1.54) is 0 Å². The Labute approximate surface area is 97.5 Å². The van der Waals surface area contributed by atoms with Crippen molar-refractivity contribution in [3.63, 3.8) is 0 Å². The topological polar surface area (TPSA) is 42.4 Å². The monoisotopic (exact) mass is 223 g/mol. The van der Waals surface area contributed by atoms with Crippen molar-refractivity contribution >= 4 is 0 Å². The third-order valence-electron chi connectivity index (χ3n) is 2.47. The second kappa shape index (κ2) is 6.48. The van der Waals surface area contributed by atoms with Crippen LogP contribution < -0.4 is 4.74 Å². The van der Waals surface area contributed by atoms with Crippen molar-refractivity contribution in [3.8, 4) is 5.88 Å². The average Bonchev–Trinajstić information content (AvgIpc) is 2.26. The quantitative estimate of drug-likeness (QED) is 0.805. The maximum Gasteiger partial charge on any atom is 0.213 e. The van der Waals surface area contributed by atoms with Crippen LogP contribution in [0.15, 0.2) is 18.2 Å². The number of aryl methyl sites for hydroxylation is 1. The van der Waals surface area contributed by atoms with Crippen LogP contribution in [0.4, 0.5) is 0 Å². The van der Waals surface area contributed by atoms with Gasteiger partial charge in [0.05, 0.1) is 13.2 Å². The molecular formula is C13H21NO2. The molecule has 1 aromatic rings. The van der Waals surface area contributed by atoms with Crippen LogP contribution in [0.2, 0.25) is 0 Å². The SMILES string of the molecule is COc1cccc(CCC(O)CC(C)C)n1. The van der Waals surface area contributed by atoms with Gasteiger partial charge in [-0.1, -0.05) is 19.9 Å². The van der Waals surface area contributed by atoms with Crippen molar-refractivity contribution in [3.05, 3.63) is 23.9 Å². The van der Waals surface area contributed by atoms with E-state index in [1.807, 2.05) is 18.2 Å². The number of ether oxygens (including phenoxy) is 1. The number of nitrogens with zero attached hydrogens (tertiary/aromatic N) is 1. The van der Waals surface area contributed by atoms with Gasteiger partial charge in [0.2, 0.25) is 5.88 Å². The molecule has 0 saturated carbocycles. The first-order chi connectivity index (χ1) is 7.61. The summed E-state index contributed by atoms with van der Waals surface area (Å²) in [6.07, 6.45) is 2.18. The Bertz CT molecular complexity index is 313. The van der Waals surface area contributed by atoms with Crippen molar-refractivity contribution in [1.82, 2.24) is 4.98 Å². The third-order valence-corrected chi connectivity index (χ3v) is 2.47. The van der Waals surface area contributed by atoms with E-state index in [2.05, 4.69) is 18.8 Å². The van der Waals surface area contributed by atoms with Crippen molar-refractivity contribution in [2.24, 2.45) is 5.92 Å². The van der Waals surface area contributed by atoms with Crippen LogP contribution in [0.3, 0.4) is 0 Å². The van der Waals surface area contributed by atoms with Gasteiger partial charge in [0, 0.05) is 11.8 Å². The first kappa shape index (κ1) is 13.0. The molecule has 0 radical (unpaired) electrons. The number of aliphatic hydroxyl groups is 1. The van der Waals surface area contributed by atoms with E-state index >= 15 is 0 Å². The highest BCUT2D eigenvalue weighted by Crippen LogP contribution is 2.12. The summed E-state index contributed by atoms with van der Waals surface area (Å²) in [7, 11) is 1.61. The summed E-state index contributed by atoms with van der Waals surface area (Å²) in [6.45, 7) is 4.24. The normalized spacial score (nSPS) is 12.8. The first-order valence-corrected chi connectivity index (χ1v) is 5.79. The summed E-state index contributed by atoms with van der Waals surface area (Å²) in [5.41, 5.74) is 0.974. The van der Waals surface area contributed by atoms with Gasteiger partial charge in [0.25, 0.3) is 0 Å². The van der Waals surface area contributed by atoms with Crippen molar-refractivity contribution in [1.29, 1.82) is 0 Å². The van der Waals surface area contributed by atoms with Crippen molar-refractivity contribution < 1.29 is 9.84 Å². The second-order valence-electron chi connectivity index (χ2n) is 4.49. The molecule has 0 saturated heterocycles. The number of aliphatic hydroxyl groups excluding tert-OH is 1. The van der Waals surface area contributed by atoms with Gasteiger partial charge in [-0.15, -0.1) is 0 Å². The van der Waals surface area contributed by atoms with E-state index in [0.717, 1.165) is 25.0 Å². The minimum absolute atomic E-state index is 0.229. The number of aromatic nitrogens is 1. The third kappa shape index (κ3) is 4.62. The molecule has 1 N–H and O–H groups in total. The lowest BCUT2D eigenvalue weighted by molar-refractivity contribution is 0.139. The van der Waals surface area contributed by atoms with E-state index < -0.39 is 0 Å². The first-order valence-electron chi connectivity index (χ1n) is 5.79. The highest BCUT2D eigenvalue weighted by molar-refractivity contribution is 5.15. The minimum Gasteiger partial charge on any atom is -0.481 e. The van der Waals surface area contributed by atoms with E-state index in [4.69, 9.17) is 4.74 Å². The molecule has 0 amide bonds. The van der Waals surface area contributed by atoms with Crippen molar-refractivity contribution in [2.45, 2.75) is 39.2 Å². The van der Waals surface area contributed by atoms with Crippen LogP contribution in [0.25, 0.3) is 0 Å². The molecular weight excluding hydrogens is 202 g/mol. The molecule has 3 nitrogen and oxygen atoms in total. The van der Waals surface area contributed by atoms with Crippen LogP contribution >= 0.6 is 0 Å². The van der Waals surface area contributed by atoms with Gasteiger partial charge in [-0.25, -0.2) is 4.98 Å². The lowest BCUT2D eigenvalue weighted by Crippen LogP contribution is -2.11. The molecule has 0 spiro atoms. The summed E-state index contributed by atoms with van der Waals surface area (Å²) >= 11 is 0. The lowest BCUT2D eigenvalue weighted by Gasteiger charge is -2.12. The zero-order valence-corrected chi connectivity index (χ0v) is 10.3. The Morgan fingerprint density at radius 3 is 2.75 bits per heavy atom. The van der Waals surface area contributed by atoms with Gasteiger partial charge in [-0.3, -0.25) is 0 Å². The Hall–Kier alpha value is -1.09. The van der Waals surface area contributed by atoms with E-state index in [1.54, 1.807) is 7.11 Å². The van der Waals surface area contributed by atoms with Crippen molar-refractivity contribution in [2.75, 3.05) is 7.11 Å². The summed E-state index contributed by atoms with van der Waals surface area (Å²) < 4.78 is 5.05. The maximum absolute atomic E-state index is 9.75. The smallest absolute Gasteiger partial charge is 0.213 e. The predicted octanol–water partition coefficient (Wildman–Crippen LogP) is 2.43. The van der Waals surface area contributed by atoms with E-state index in [-0.39, 0.29) is 6.10 Å². The molecule has 0 aliphatic carbocycles. The van der Waals surface area contributed by atoms with E-state index in [0.29, 0.717) is 11.8 Å².